The minimum absolute atomic E-state index is 0.187. The number of hydrogen-bond donors (Lipinski definition) is 2. The van der Waals surface area contributed by atoms with E-state index in [0.29, 0.717) is 6.54 Å². The zero-order valence-electron chi connectivity index (χ0n) is 14.0. The van der Waals surface area contributed by atoms with Crippen molar-refractivity contribution in [2.75, 3.05) is 0 Å². The van der Waals surface area contributed by atoms with E-state index in [1.54, 1.807) is 0 Å². The van der Waals surface area contributed by atoms with E-state index < -0.39 is 12.0 Å². The third-order valence-electron chi connectivity index (χ3n) is 4.79. The standard InChI is InChI=1S/C16H21N5O3/c1-9-10(2)19-21(11(9)3)5-4-15(22)20-7-13-12(17-8-18-13)6-14(20)16(23)24/h8,14H,4-7H2,1-3H3,(H,17,18)(H,23,24). The van der Waals surface area contributed by atoms with E-state index in [-0.39, 0.29) is 25.3 Å². The van der Waals surface area contributed by atoms with Crippen molar-refractivity contribution in [1.29, 1.82) is 0 Å². The number of aryl methyl sites for hydroxylation is 2. The molecule has 2 aromatic rings. The van der Waals surface area contributed by atoms with Crippen LogP contribution in [0.5, 0.6) is 0 Å². The molecule has 0 fully saturated rings. The van der Waals surface area contributed by atoms with E-state index in [1.165, 1.54) is 11.2 Å². The minimum Gasteiger partial charge on any atom is -0.480 e. The zero-order chi connectivity index (χ0) is 17.4. The molecule has 1 aliphatic heterocycles. The van der Waals surface area contributed by atoms with Crippen molar-refractivity contribution in [2.24, 2.45) is 0 Å². The number of fused-ring (bicyclic) bond motifs is 1. The lowest BCUT2D eigenvalue weighted by Gasteiger charge is -2.32. The number of amides is 1. The average molecular weight is 331 g/mol. The Hall–Kier alpha value is -2.64. The third-order valence-corrected chi connectivity index (χ3v) is 4.79. The second kappa shape index (κ2) is 6.10. The number of nitrogens with one attached hydrogen (secondary N) is 1. The first kappa shape index (κ1) is 16.2. The molecule has 0 aliphatic carbocycles. The molecule has 0 radical (unpaired) electrons. The Kier molecular flexibility index (Phi) is 4.13. The number of aliphatic carboxylic acids is 1. The van der Waals surface area contributed by atoms with Gasteiger partial charge in [0.25, 0.3) is 0 Å². The van der Waals surface area contributed by atoms with Crippen molar-refractivity contribution in [3.63, 3.8) is 0 Å². The monoisotopic (exact) mass is 331 g/mol. The summed E-state index contributed by atoms with van der Waals surface area (Å²) in [6.45, 7) is 6.60. The number of carboxylic acids is 1. The smallest absolute Gasteiger partial charge is 0.326 e. The molecule has 1 atom stereocenters. The number of hydrogen-bond acceptors (Lipinski definition) is 4. The van der Waals surface area contributed by atoms with Crippen molar-refractivity contribution >= 4 is 11.9 Å². The Morgan fingerprint density at radius 2 is 2.12 bits per heavy atom. The largest absolute Gasteiger partial charge is 0.480 e. The van der Waals surface area contributed by atoms with Crippen LogP contribution in [0.4, 0.5) is 0 Å². The summed E-state index contributed by atoms with van der Waals surface area (Å²) in [5, 5.41) is 13.9. The lowest BCUT2D eigenvalue weighted by Crippen LogP contribution is -2.48. The quantitative estimate of drug-likeness (QED) is 0.868. The predicted molar refractivity (Wildman–Crippen MR) is 85.3 cm³/mol. The van der Waals surface area contributed by atoms with E-state index in [9.17, 15) is 14.7 Å². The molecule has 1 amide bonds. The number of carboxylic acid groups (broad SMARTS) is 1. The molecule has 24 heavy (non-hydrogen) atoms. The van der Waals surface area contributed by atoms with Gasteiger partial charge < -0.3 is 15.0 Å². The molecular weight excluding hydrogens is 310 g/mol. The first-order valence-corrected chi connectivity index (χ1v) is 7.92. The fourth-order valence-electron chi connectivity index (χ4n) is 3.07. The normalized spacial score (nSPS) is 17.0. The zero-order valence-corrected chi connectivity index (χ0v) is 14.0. The highest BCUT2D eigenvalue weighted by atomic mass is 16.4. The van der Waals surface area contributed by atoms with Crippen molar-refractivity contribution in [3.8, 4) is 0 Å². The summed E-state index contributed by atoms with van der Waals surface area (Å²) in [6, 6.07) is -0.865. The Labute approximate surface area is 139 Å². The Morgan fingerprint density at radius 1 is 1.38 bits per heavy atom. The number of carbonyl (C=O) groups is 2. The maximum Gasteiger partial charge on any atom is 0.326 e. The number of aromatic nitrogens is 4. The van der Waals surface area contributed by atoms with Gasteiger partial charge in [0, 0.05) is 25.1 Å². The van der Waals surface area contributed by atoms with Gasteiger partial charge in [-0.05, 0) is 26.3 Å². The first-order chi connectivity index (χ1) is 11.4. The van der Waals surface area contributed by atoms with Gasteiger partial charge in [-0.2, -0.15) is 5.10 Å². The van der Waals surface area contributed by atoms with Gasteiger partial charge in [0.15, 0.2) is 0 Å². The van der Waals surface area contributed by atoms with Crippen LogP contribution >= 0.6 is 0 Å². The molecule has 1 unspecified atom stereocenters. The molecule has 0 aromatic carbocycles. The number of H-pyrrole nitrogens is 1. The van der Waals surface area contributed by atoms with Crippen LogP contribution in [-0.2, 0) is 29.1 Å². The van der Waals surface area contributed by atoms with Gasteiger partial charge in [-0.3, -0.25) is 9.48 Å². The Balaban J connectivity index is 1.73. The molecule has 3 rings (SSSR count). The van der Waals surface area contributed by atoms with E-state index in [2.05, 4.69) is 15.1 Å². The molecule has 0 saturated carbocycles. The molecular formula is C16H21N5O3. The number of carbonyl (C=O) groups excluding carboxylic acids is 1. The molecule has 1 aliphatic rings. The maximum absolute atomic E-state index is 12.6. The second-order valence-electron chi connectivity index (χ2n) is 6.18. The van der Waals surface area contributed by atoms with Crippen LogP contribution in [0.15, 0.2) is 6.33 Å². The third kappa shape index (κ3) is 2.79. The van der Waals surface area contributed by atoms with Gasteiger partial charge in [0.2, 0.25) is 5.91 Å². The molecule has 3 heterocycles. The van der Waals surface area contributed by atoms with Crippen molar-refractivity contribution in [2.45, 2.75) is 52.7 Å². The van der Waals surface area contributed by atoms with Crippen LogP contribution in [0.3, 0.4) is 0 Å². The van der Waals surface area contributed by atoms with Gasteiger partial charge in [0.1, 0.15) is 6.04 Å². The van der Waals surface area contributed by atoms with E-state index >= 15 is 0 Å². The number of nitrogens with zero attached hydrogens (tertiary/aromatic N) is 4. The summed E-state index contributed by atoms with van der Waals surface area (Å²) >= 11 is 0. The second-order valence-corrected chi connectivity index (χ2v) is 6.18. The van der Waals surface area contributed by atoms with Gasteiger partial charge in [0.05, 0.1) is 30.0 Å². The molecule has 0 spiro atoms. The van der Waals surface area contributed by atoms with Gasteiger partial charge in [-0.25, -0.2) is 9.78 Å². The highest BCUT2D eigenvalue weighted by Crippen LogP contribution is 2.22. The van der Waals surface area contributed by atoms with Gasteiger partial charge in [-0.1, -0.05) is 0 Å². The van der Waals surface area contributed by atoms with Crippen LogP contribution in [0.25, 0.3) is 0 Å². The highest BCUT2D eigenvalue weighted by molar-refractivity contribution is 5.84. The summed E-state index contributed by atoms with van der Waals surface area (Å²) in [5.74, 6) is -1.19. The maximum atomic E-state index is 12.6. The van der Waals surface area contributed by atoms with Crippen LogP contribution in [0.1, 0.15) is 34.8 Å². The molecule has 128 valence electrons. The fourth-order valence-corrected chi connectivity index (χ4v) is 3.07. The summed E-state index contributed by atoms with van der Waals surface area (Å²) in [4.78, 5) is 32.7. The van der Waals surface area contributed by atoms with Crippen LogP contribution in [0.2, 0.25) is 0 Å². The Morgan fingerprint density at radius 3 is 2.75 bits per heavy atom. The summed E-state index contributed by atoms with van der Waals surface area (Å²) in [5.41, 5.74) is 4.63. The molecule has 8 nitrogen and oxygen atoms in total. The minimum atomic E-state index is -1.00. The van der Waals surface area contributed by atoms with Crippen molar-refractivity contribution in [1.82, 2.24) is 24.6 Å². The summed E-state index contributed by atoms with van der Waals surface area (Å²) < 4.78 is 1.81. The van der Waals surface area contributed by atoms with Crippen molar-refractivity contribution < 1.29 is 14.7 Å². The lowest BCUT2D eigenvalue weighted by molar-refractivity contribution is -0.151. The number of aromatic amines is 1. The molecule has 0 bridgehead atoms. The van der Waals surface area contributed by atoms with E-state index in [4.69, 9.17) is 0 Å². The first-order valence-electron chi connectivity index (χ1n) is 7.92. The predicted octanol–water partition coefficient (Wildman–Crippen LogP) is 0.960. The fraction of sp³-hybridized carbons (Fsp3) is 0.500. The number of rotatable bonds is 4. The van der Waals surface area contributed by atoms with Crippen molar-refractivity contribution in [3.05, 3.63) is 34.7 Å². The summed E-state index contributed by atoms with van der Waals surface area (Å²) in [7, 11) is 0. The molecule has 2 aromatic heterocycles. The van der Waals surface area contributed by atoms with E-state index in [0.717, 1.165) is 28.3 Å². The average Bonchev–Trinajstić information content (AvgIpc) is 3.11. The van der Waals surface area contributed by atoms with Crippen LogP contribution in [0, 0.1) is 20.8 Å². The van der Waals surface area contributed by atoms with Crippen LogP contribution in [-0.4, -0.2) is 47.7 Å². The van der Waals surface area contributed by atoms with Gasteiger partial charge in [-0.15, -0.1) is 0 Å². The summed E-state index contributed by atoms with van der Waals surface area (Å²) in [6.07, 6.45) is 1.99. The highest BCUT2D eigenvalue weighted by Gasteiger charge is 2.35. The Bertz CT molecular complexity index is 792. The molecule has 2 N–H and O–H groups in total. The number of imidazole rings is 1. The topological polar surface area (TPSA) is 104 Å². The van der Waals surface area contributed by atoms with Gasteiger partial charge >= 0.3 is 5.97 Å². The van der Waals surface area contributed by atoms with Crippen LogP contribution < -0.4 is 0 Å². The SMILES string of the molecule is Cc1nn(CCC(=O)N2Cc3[nH]cnc3CC2C(=O)O)c(C)c1C. The molecule has 8 heteroatoms. The lowest BCUT2D eigenvalue weighted by atomic mass is 10.0. The molecule has 0 saturated heterocycles. The van der Waals surface area contributed by atoms with E-state index in [1.807, 2.05) is 25.5 Å².